The van der Waals surface area contributed by atoms with Gasteiger partial charge >= 0.3 is 0 Å². The summed E-state index contributed by atoms with van der Waals surface area (Å²) in [7, 11) is 4.22. The van der Waals surface area contributed by atoms with Crippen LogP contribution < -0.4 is 5.32 Å². The van der Waals surface area contributed by atoms with Gasteiger partial charge in [-0.2, -0.15) is 0 Å². The first-order chi connectivity index (χ1) is 9.90. The summed E-state index contributed by atoms with van der Waals surface area (Å²) < 4.78 is 0. The second-order valence-corrected chi connectivity index (χ2v) is 7.45. The Balaban J connectivity index is 1.82. The Labute approximate surface area is 129 Å². The largest absolute Gasteiger partial charge is 0.339 e. The molecule has 1 amide bonds. The molecule has 2 heterocycles. The number of nitrogens with one attached hydrogen (secondary N) is 1. The Morgan fingerprint density at radius 3 is 2.48 bits per heavy atom. The normalized spacial score (nSPS) is 27.1. The van der Waals surface area contributed by atoms with Gasteiger partial charge in [-0.15, -0.1) is 0 Å². The lowest BCUT2D eigenvalue weighted by molar-refractivity contribution is -0.139. The Bertz CT molecular complexity index is 348. The molecule has 2 aliphatic rings. The molecule has 0 aromatic heterocycles. The van der Waals surface area contributed by atoms with Crippen LogP contribution in [-0.2, 0) is 4.79 Å². The first kappa shape index (κ1) is 16.7. The number of nitrogens with zero attached hydrogens (tertiary/aromatic N) is 3. The minimum absolute atomic E-state index is 0.000393. The Morgan fingerprint density at radius 1 is 1.24 bits per heavy atom. The lowest BCUT2D eigenvalue weighted by Crippen LogP contribution is -2.60. The molecule has 2 rings (SSSR count). The fourth-order valence-electron chi connectivity index (χ4n) is 3.35. The molecule has 0 spiro atoms. The van der Waals surface area contributed by atoms with Gasteiger partial charge in [-0.1, -0.05) is 13.8 Å². The van der Waals surface area contributed by atoms with Gasteiger partial charge in [0.15, 0.2) is 0 Å². The van der Waals surface area contributed by atoms with Crippen molar-refractivity contribution in [3.05, 3.63) is 0 Å². The lowest BCUT2D eigenvalue weighted by atomic mass is 9.77. The van der Waals surface area contributed by atoms with E-state index in [-0.39, 0.29) is 11.5 Å². The van der Waals surface area contributed by atoms with Crippen LogP contribution in [0.3, 0.4) is 0 Å². The molecule has 122 valence electrons. The van der Waals surface area contributed by atoms with Crippen LogP contribution in [0.15, 0.2) is 0 Å². The fraction of sp³-hybridized carbons (Fsp3) is 0.938. The van der Waals surface area contributed by atoms with Crippen LogP contribution in [0.4, 0.5) is 0 Å². The molecule has 1 unspecified atom stereocenters. The summed E-state index contributed by atoms with van der Waals surface area (Å²) in [5, 5.41) is 3.45. The number of carbonyl (C=O) groups is 1. The van der Waals surface area contributed by atoms with Gasteiger partial charge in [-0.05, 0) is 38.9 Å². The smallest absolute Gasteiger partial charge is 0.240 e. The van der Waals surface area contributed by atoms with Crippen molar-refractivity contribution in [1.29, 1.82) is 0 Å². The van der Waals surface area contributed by atoms with Crippen LogP contribution in [0.25, 0.3) is 0 Å². The summed E-state index contributed by atoms with van der Waals surface area (Å²) in [5.74, 6) is 0.312. The summed E-state index contributed by atoms with van der Waals surface area (Å²) in [6, 6.07) is -0.000393. The van der Waals surface area contributed by atoms with Crippen molar-refractivity contribution in [2.45, 2.75) is 32.7 Å². The number of rotatable bonds is 4. The Morgan fingerprint density at radius 2 is 1.90 bits per heavy atom. The van der Waals surface area contributed by atoms with Crippen molar-refractivity contribution in [1.82, 2.24) is 20.0 Å². The molecule has 1 N–H and O–H groups in total. The minimum atomic E-state index is -0.000393. The van der Waals surface area contributed by atoms with E-state index in [1.807, 2.05) is 0 Å². The summed E-state index contributed by atoms with van der Waals surface area (Å²) in [5.41, 5.74) is 0.0807. The molecule has 0 aliphatic carbocycles. The van der Waals surface area contributed by atoms with E-state index in [4.69, 9.17) is 0 Å². The topological polar surface area (TPSA) is 38.8 Å². The molecule has 5 heteroatoms. The molecule has 2 aliphatic heterocycles. The van der Waals surface area contributed by atoms with Gasteiger partial charge in [-0.3, -0.25) is 9.69 Å². The standard InChI is InChI=1S/C16H32N4O/c1-16(2)6-5-7-17-14(16)15(21)20-12-10-19(11-13-20)9-8-18(3)4/h14,17H,5-13H2,1-4H3. The highest BCUT2D eigenvalue weighted by atomic mass is 16.2. The van der Waals surface area contributed by atoms with Crippen molar-refractivity contribution in [3.8, 4) is 0 Å². The third-order valence-corrected chi connectivity index (χ3v) is 4.92. The zero-order valence-corrected chi connectivity index (χ0v) is 14.2. The van der Waals surface area contributed by atoms with Gasteiger partial charge in [-0.25, -0.2) is 0 Å². The lowest BCUT2D eigenvalue weighted by Gasteiger charge is -2.43. The van der Waals surface area contributed by atoms with E-state index < -0.39 is 0 Å². The quantitative estimate of drug-likeness (QED) is 0.818. The number of amides is 1. The van der Waals surface area contributed by atoms with Crippen molar-refractivity contribution in [2.75, 3.05) is 59.9 Å². The van der Waals surface area contributed by atoms with Gasteiger partial charge in [0.25, 0.3) is 0 Å². The van der Waals surface area contributed by atoms with E-state index >= 15 is 0 Å². The SMILES string of the molecule is CN(C)CCN1CCN(C(=O)C2NCCCC2(C)C)CC1. The monoisotopic (exact) mass is 296 g/mol. The van der Waals surface area contributed by atoms with Crippen LogP contribution in [0.5, 0.6) is 0 Å². The van der Waals surface area contributed by atoms with Crippen molar-refractivity contribution in [2.24, 2.45) is 5.41 Å². The van der Waals surface area contributed by atoms with E-state index in [2.05, 4.69) is 48.0 Å². The van der Waals surface area contributed by atoms with E-state index in [0.29, 0.717) is 5.91 Å². The number of piperidine rings is 1. The molecule has 0 aromatic carbocycles. The van der Waals surface area contributed by atoms with E-state index in [9.17, 15) is 4.79 Å². The molecule has 1 atom stereocenters. The number of piperazine rings is 1. The summed E-state index contributed by atoms with van der Waals surface area (Å²) in [4.78, 5) is 19.5. The van der Waals surface area contributed by atoms with Gasteiger partial charge in [0.05, 0.1) is 6.04 Å². The summed E-state index contributed by atoms with van der Waals surface area (Å²) >= 11 is 0. The average molecular weight is 296 g/mol. The van der Waals surface area contributed by atoms with Crippen LogP contribution in [0.1, 0.15) is 26.7 Å². The second kappa shape index (κ2) is 7.07. The van der Waals surface area contributed by atoms with Crippen molar-refractivity contribution in [3.63, 3.8) is 0 Å². The van der Waals surface area contributed by atoms with Crippen LogP contribution in [0.2, 0.25) is 0 Å². The first-order valence-electron chi connectivity index (χ1n) is 8.29. The third-order valence-electron chi connectivity index (χ3n) is 4.92. The van der Waals surface area contributed by atoms with Crippen LogP contribution in [-0.4, -0.2) is 86.6 Å². The fourth-order valence-corrected chi connectivity index (χ4v) is 3.35. The number of hydrogen-bond donors (Lipinski definition) is 1. The Hall–Kier alpha value is -0.650. The Kier molecular flexibility index (Phi) is 5.63. The summed E-state index contributed by atoms with van der Waals surface area (Å²) in [6.07, 6.45) is 2.31. The van der Waals surface area contributed by atoms with Gasteiger partial charge in [0.2, 0.25) is 5.91 Å². The zero-order chi connectivity index (χ0) is 15.5. The van der Waals surface area contributed by atoms with Gasteiger partial charge in [0.1, 0.15) is 0 Å². The molecular formula is C16H32N4O. The molecule has 2 saturated heterocycles. The molecule has 0 radical (unpaired) electrons. The highest BCUT2D eigenvalue weighted by Gasteiger charge is 2.39. The molecule has 0 aromatic rings. The molecule has 0 bridgehead atoms. The first-order valence-corrected chi connectivity index (χ1v) is 8.29. The molecule has 21 heavy (non-hydrogen) atoms. The van der Waals surface area contributed by atoms with Gasteiger partial charge in [0, 0.05) is 39.3 Å². The van der Waals surface area contributed by atoms with E-state index in [1.165, 1.54) is 6.42 Å². The maximum Gasteiger partial charge on any atom is 0.240 e. The van der Waals surface area contributed by atoms with E-state index in [1.54, 1.807) is 0 Å². The second-order valence-electron chi connectivity index (χ2n) is 7.45. The summed E-state index contributed by atoms with van der Waals surface area (Å²) in [6.45, 7) is 11.4. The average Bonchev–Trinajstić information content (AvgIpc) is 2.44. The number of carbonyl (C=O) groups excluding carboxylic acids is 1. The third kappa shape index (κ3) is 4.41. The van der Waals surface area contributed by atoms with Crippen LogP contribution in [0, 0.1) is 5.41 Å². The van der Waals surface area contributed by atoms with Crippen molar-refractivity contribution < 1.29 is 4.79 Å². The molecule has 5 nitrogen and oxygen atoms in total. The number of likely N-dealkylation sites (N-methyl/N-ethyl adjacent to an activating group) is 1. The zero-order valence-electron chi connectivity index (χ0n) is 14.2. The van der Waals surface area contributed by atoms with E-state index in [0.717, 1.165) is 52.2 Å². The minimum Gasteiger partial charge on any atom is -0.339 e. The van der Waals surface area contributed by atoms with Crippen molar-refractivity contribution >= 4 is 5.91 Å². The maximum absolute atomic E-state index is 12.8. The predicted octanol–water partition coefficient (Wildman–Crippen LogP) is 0.470. The number of hydrogen-bond acceptors (Lipinski definition) is 4. The predicted molar refractivity (Wildman–Crippen MR) is 86.4 cm³/mol. The molecule has 0 saturated carbocycles. The molecule has 2 fully saturated rings. The van der Waals surface area contributed by atoms with Crippen LogP contribution >= 0.6 is 0 Å². The highest BCUT2D eigenvalue weighted by Crippen LogP contribution is 2.31. The molecular weight excluding hydrogens is 264 g/mol. The maximum atomic E-state index is 12.8. The highest BCUT2D eigenvalue weighted by molar-refractivity contribution is 5.83. The van der Waals surface area contributed by atoms with Gasteiger partial charge < -0.3 is 15.1 Å².